The van der Waals surface area contributed by atoms with Crippen molar-refractivity contribution < 1.29 is 4.79 Å². The summed E-state index contributed by atoms with van der Waals surface area (Å²) in [6, 6.07) is 19.0. The van der Waals surface area contributed by atoms with E-state index in [0.717, 1.165) is 17.6 Å². The molecule has 0 radical (unpaired) electrons. The molecule has 2 aromatic rings. The van der Waals surface area contributed by atoms with Crippen molar-refractivity contribution in [2.75, 3.05) is 5.75 Å². The van der Waals surface area contributed by atoms with Gasteiger partial charge >= 0.3 is 0 Å². The van der Waals surface area contributed by atoms with Crippen LogP contribution in [0.5, 0.6) is 0 Å². The van der Waals surface area contributed by atoms with E-state index in [1.54, 1.807) is 0 Å². The lowest BCUT2D eigenvalue weighted by atomic mass is 9.73. The Labute approximate surface area is 134 Å². The molecule has 2 atom stereocenters. The molecule has 0 bridgehead atoms. The van der Waals surface area contributed by atoms with Gasteiger partial charge in [0.2, 0.25) is 0 Å². The highest BCUT2D eigenvalue weighted by Gasteiger charge is 2.35. The number of carbonyl (C=O) groups excluding carboxylic acids is 1. The Balaban J connectivity index is 1.85. The molecule has 22 heavy (non-hydrogen) atoms. The first-order valence-corrected chi connectivity index (χ1v) is 8.51. The van der Waals surface area contributed by atoms with E-state index in [-0.39, 0.29) is 5.92 Å². The minimum Gasteiger partial charge on any atom is -0.298 e. The number of allylic oxidation sites excluding steroid dienone is 4. The summed E-state index contributed by atoms with van der Waals surface area (Å²) in [7, 11) is 0. The lowest BCUT2D eigenvalue weighted by molar-refractivity contribution is -0.105. The van der Waals surface area contributed by atoms with Crippen LogP contribution in [0.25, 0.3) is 5.57 Å². The van der Waals surface area contributed by atoms with E-state index in [9.17, 15) is 4.79 Å². The first-order valence-electron chi connectivity index (χ1n) is 7.52. The third kappa shape index (κ3) is 2.15. The van der Waals surface area contributed by atoms with Gasteiger partial charge in [0.15, 0.2) is 0 Å². The zero-order chi connectivity index (χ0) is 14.9. The van der Waals surface area contributed by atoms with Gasteiger partial charge < -0.3 is 0 Å². The van der Waals surface area contributed by atoms with E-state index in [0.29, 0.717) is 5.92 Å². The molecule has 4 rings (SSSR count). The van der Waals surface area contributed by atoms with E-state index in [1.807, 2.05) is 23.9 Å². The highest BCUT2D eigenvalue weighted by Crippen LogP contribution is 2.49. The fraction of sp³-hybridized carbons (Fsp3) is 0.150. The molecule has 0 unspecified atom stereocenters. The number of aldehydes is 1. The van der Waals surface area contributed by atoms with Gasteiger partial charge in [-0.15, -0.1) is 11.8 Å². The van der Waals surface area contributed by atoms with Gasteiger partial charge in [-0.3, -0.25) is 4.79 Å². The van der Waals surface area contributed by atoms with Gasteiger partial charge in [-0.25, -0.2) is 0 Å². The molecule has 2 heteroatoms. The number of rotatable bonds is 2. The Hall–Kier alpha value is -2.06. The second kappa shape index (κ2) is 5.62. The number of fused-ring (bicyclic) bond motifs is 3. The Kier molecular flexibility index (Phi) is 3.47. The number of hydrogen-bond donors (Lipinski definition) is 0. The van der Waals surface area contributed by atoms with Crippen LogP contribution in [0.3, 0.4) is 0 Å². The monoisotopic (exact) mass is 304 g/mol. The summed E-state index contributed by atoms with van der Waals surface area (Å²) >= 11 is 1.90. The van der Waals surface area contributed by atoms with Gasteiger partial charge in [0.25, 0.3) is 0 Å². The highest BCUT2D eigenvalue weighted by atomic mass is 32.2. The molecular weight excluding hydrogens is 288 g/mol. The summed E-state index contributed by atoms with van der Waals surface area (Å²) in [6.45, 7) is 0. The van der Waals surface area contributed by atoms with Gasteiger partial charge in [-0.05, 0) is 28.3 Å². The average Bonchev–Trinajstić information content (AvgIpc) is 2.61. The molecule has 1 aliphatic heterocycles. The van der Waals surface area contributed by atoms with Gasteiger partial charge in [-0.1, -0.05) is 60.7 Å². The maximum absolute atomic E-state index is 11.6. The van der Waals surface area contributed by atoms with Crippen LogP contribution in [-0.2, 0) is 4.79 Å². The molecule has 1 heterocycles. The Morgan fingerprint density at radius 2 is 1.73 bits per heavy atom. The van der Waals surface area contributed by atoms with Crippen LogP contribution in [0, 0.1) is 5.92 Å². The fourth-order valence-electron chi connectivity index (χ4n) is 3.51. The molecule has 0 saturated carbocycles. The summed E-state index contributed by atoms with van der Waals surface area (Å²) in [5.74, 6) is 1.56. The molecule has 2 aliphatic rings. The van der Waals surface area contributed by atoms with Crippen LogP contribution in [0.4, 0.5) is 0 Å². The maximum Gasteiger partial charge on any atom is 0.146 e. The van der Waals surface area contributed by atoms with Crippen molar-refractivity contribution in [1.29, 1.82) is 0 Å². The molecule has 0 fully saturated rings. The summed E-state index contributed by atoms with van der Waals surface area (Å²) in [5, 5.41) is 0. The first-order chi connectivity index (χ1) is 10.9. The molecule has 0 saturated heterocycles. The predicted molar refractivity (Wildman–Crippen MR) is 92.0 cm³/mol. The molecule has 0 amide bonds. The number of thioether (sulfide) groups is 1. The standard InChI is InChI=1S/C20H16OS/c21-12-15-10-11-16-17-8-4-5-9-19(17)22-13-18(16)20(15)14-6-2-1-3-7-14/h1-12,18,20H,13H2/t18-,20-/m1/s1. The van der Waals surface area contributed by atoms with Crippen LogP contribution in [0.2, 0.25) is 0 Å². The third-order valence-corrected chi connectivity index (χ3v) is 5.72. The summed E-state index contributed by atoms with van der Waals surface area (Å²) in [6.07, 6.45) is 5.17. The largest absolute Gasteiger partial charge is 0.298 e. The van der Waals surface area contributed by atoms with Gasteiger partial charge in [0.05, 0.1) is 0 Å². The molecule has 1 nitrogen and oxygen atoms in total. The van der Waals surface area contributed by atoms with Crippen molar-refractivity contribution in [1.82, 2.24) is 0 Å². The molecule has 0 aromatic heterocycles. The smallest absolute Gasteiger partial charge is 0.146 e. The summed E-state index contributed by atoms with van der Waals surface area (Å²) < 4.78 is 0. The fourth-order valence-corrected chi connectivity index (χ4v) is 4.76. The van der Waals surface area contributed by atoms with Crippen LogP contribution in [-0.4, -0.2) is 12.0 Å². The molecule has 108 valence electrons. The second-order valence-corrected chi connectivity index (χ2v) is 6.77. The lowest BCUT2D eigenvalue weighted by Crippen LogP contribution is -2.25. The highest BCUT2D eigenvalue weighted by molar-refractivity contribution is 7.99. The Morgan fingerprint density at radius 3 is 2.55 bits per heavy atom. The molecule has 1 aliphatic carbocycles. The zero-order valence-corrected chi connectivity index (χ0v) is 12.9. The SMILES string of the molecule is O=CC1=CC=C2c3ccccc3SC[C@H]2[C@@H]1c1ccccc1. The van der Waals surface area contributed by atoms with Crippen LogP contribution in [0.1, 0.15) is 17.0 Å². The van der Waals surface area contributed by atoms with E-state index in [1.165, 1.54) is 21.6 Å². The Bertz CT molecular complexity index is 773. The van der Waals surface area contributed by atoms with E-state index in [2.05, 4.69) is 54.6 Å². The summed E-state index contributed by atoms with van der Waals surface area (Å²) in [4.78, 5) is 12.9. The van der Waals surface area contributed by atoms with E-state index >= 15 is 0 Å². The molecule has 0 N–H and O–H groups in total. The minimum atomic E-state index is 0.166. The molecule has 0 spiro atoms. The number of benzene rings is 2. The molecule has 2 aromatic carbocycles. The van der Waals surface area contributed by atoms with Gasteiger partial charge in [0, 0.05) is 22.5 Å². The maximum atomic E-state index is 11.6. The predicted octanol–water partition coefficient (Wildman–Crippen LogP) is 4.71. The lowest BCUT2D eigenvalue weighted by Gasteiger charge is -2.36. The topological polar surface area (TPSA) is 17.1 Å². The zero-order valence-electron chi connectivity index (χ0n) is 12.1. The number of hydrogen-bond acceptors (Lipinski definition) is 2. The third-order valence-electron chi connectivity index (χ3n) is 4.53. The van der Waals surface area contributed by atoms with Crippen molar-refractivity contribution in [3.05, 3.63) is 83.4 Å². The second-order valence-electron chi connectivity index (χ2n) is 5.71. The van der Waals surface area contributed by atoms with Crippen LogP contribution < -0.4 is 0 Å². The average molecular weight is 304 g/mol. The molecular formula is C20H16OS. The van der Waals surface area contributed by atoms with Crippen molar-refractivity contribution >= 4 is 23.6 Å². The van der Waals surface area contributed by atoms with Crippen molar-refractivity contribution in [3.63, 3.8) is 0 Å². The normalized spacial score (nSPS) is 22.9. The van der Waals surface area contributed by atoms with E-state index < -0.39 is 0 Å². The number of carbonyl (C=O) groups is 1. The van der Waals surface area contributed by atoms with Crippen molar-refractivity contribution in [2.45, 2.75) is 10.8 Å². The quantitative estimate of drug-likeness (QED) is 0.747. The van der Waals surface area contributed by atoms with E-state index in [4.69, 9.17) is 0 Å². The van der Waals surface area contributed by atoms with Crippen molar-refractivity contribution in [3.8, 4) is 0 Å². The van der Waals surface area contributed by atoms with Crippen molar-refractivity contribution in [2.24, 2.45) is 5.92 Å². The first kappa shape index (κ1) is 13.6. The van der Waals surface area contributed by atoms with Crippen LogP contribution in [0.15, 0.2) is 77.2 Å². The van der Waals surface area contributed by atoms with Gasteiger partial charge in [-0.2, -0.15) is 0 Å². The summed E-state index contributed by atoms with van der Waals surface area (Å²) in [5.41, 5.74) is 4.82. The minimum absolute atomic E-state index is 0.166. The Morgan fingerprint density at radius 1 is 0.955 bits per heavy atom. The van der Waals surface area contributed by atoms with Crippen LogP contribution >= 0.6 is 11.8 Å². The van der Waals surface area contributed by atoms with Gasteiger partial charge in [0.1, 0.15) is 6.29 Å².